The van der Waals surface area contributed by atoms with Crippen molar-refractivity contribution in [1.82, 2.24) is 0 Å². The second-order valence-corrected chi connectivity index (χ2v) is 26.2. The highest BCUT2D eigenvalue weighted by atomic mass is 28.4. The van der Waals surface area contributed by atoms with E-state index in [1.54, 1.807) is 5.57 Å². The van der Waals surface area contributed by atoms with Crippen LogP contribution in [0, 0.1) is 28.6 Å². The lowest BCUT2D eigenvalue weighted by Gasteiger charge is -2.59. The predicted molar refractivity (Wildman–Crippen MR) is 157 cm³/mol. The first-order chi connectivity index (χ1) is 16.2. The van der Waals surface area contributed by atoms with Crippen molar-refractivity contribution < 1.29 is 14.0 Å². The summed E-state index contributed by atoms with van der Waals surface area (Å²) < 4.78 is 14.7. The fraction of sp³-hybridized carbons (Fsp3) is 0.935. The van der Waals surface area contributed by atoms with Gasteiger partial charge in [-0.05, 0) is 110 Å². The lowest BCUT2D eigenvalue weighted by Crippen LogP contribution is -2.55. The molecule has 0 aromatic rings. The third kappa shape index (κ3) is 4.69. The first-order valence-corrected chi connectivity index (χ1v) is 20.8. The maximum Gasteiger partial charge on any atom is 0.192 e. The summed E-state index contributed by atoms with van der Waals surface area (Å²) in [4.78, 5) is 0. The van der Waals surface area contributed by atoms with E-state index in [0.29, 0.717) is 30.0 Å². The topological polar surface area (TPSA) is 38.7 Å². The Labute approximate surface area is 225 Å². The van der Waals surface area contributed by atoms with Crippen molar-refractivity contribution in [2.75, 3.05) is 0 Å². The average molecular weight is 535 g/mol. The summed E-state index contributed by atoms with van der Waals surface area (Å²) in [6.07, 6.45) is 10.8. The smallest absolute Gasteiger partial charge is 0.192 e. The van der Waals surface area contributed by atoms with Crippen molar-refractivity contribution in [3.63, 3.8) is 0 Å². The van der Waals surface area contributed by atoms with Gasteiger partial charge in [-0.3, -0.25) is 0 Å². The van der Waals surface area contributed by atoms with Crippen LogP contribution in [-0.2, 0) is 8.85 Å². The van der Waals surface area contributed by atoms with Crippen LogP contribution in [0.15, 0.2) is 11.6 Å². The van der Waals surface area contributed by atoms with Crippen molar-refractivity contribution in [1.29, 1.82) is 0 Å². The minimum absolute atomic E-state index is 0.141. The molecule has 0 heterocycles. The first kappa shape index (κ1) is 29.0. The fourth-order valence-corrected chi connectivity index (χ4v) is 10.8. The number of hydrogen-bond donors (Lipinski definition) is 1. The summed E-state index contributed by atoms with van der Waals surface area (Å²) in [6, 6.07) is 0. The summed E-state index contributed by atoms with van der Waals surface area (Å²) >= 11 is 0. The molecular weight excluding hydrogens is 477 g/mol. The number of aliphatic hydroxyl groups is 1. The Hall–Kier alpha value is 0.0538. The standard InChI is InChI=1S/C31H58O3Si2/c1-28(2,3)35(9,10)33-25-20-26(34-36(11,12)29(4,5)6)31(8)18-16-24-23(27(25)31)14-13-21-19-22(32)15-17-30(21,24)7/h13,22-27,32H,14-20H2,1-12H3. The Morgan fingerprint density at radius 2 is 1.47 bits per heavy atom. The number of hydrogen-bond acceptors (Lipinski definition) is 3. The third-order valence-electron chi connectivity index (χ3n) is 12.5. The molecule has 4 rings (SSSR count). The normalized spacial score (nSPS) is 41.9. The van der Waals surface area contributed by atoms with Crippen LogP contribution in [0.2, 0.25) is 36.3 Å². The van der Waals surface area contributed by atoms with Crippen molar-refractivity contribution in [2.24, 2.45) is 28.6 Å². The molecule has 8 atom stereocenters. The van der Waals surface area contributed by atoms with E-state index in [1.165, 1.54) is 12.8 Å². The molecule has 4 aliphatic carbocycles. The summed E-state index contributed by atoms with van der Waals surface area (Å²) in [5.74, 6) is 1.93. The van der Waals surface area contributed by atoms with Crippen molar-refractivity contribution in [3.8, 4) is 0 Å². The summed E-state index contributed by atoms with van der Waals surface area (Å²) in [7, 11) is -3.81. The maximum absolute atomic E-state index is 10.4. The lowest BCUT2D eigenvalue weighted by atomic mass is 9.47. The van der Waals surface area contributed by atoms with Crippen LogP contribution in [0.3, 0.4) is 0 Å². The molecule has 1 N–H and O–H groups in total. The molecule has 0 amide bonds. The molecule has 8 unspecified atom stereocenters. The zero-order valence-corrected chi connectivity index (χ0v) is 27.8. The quantitative estimate of drug-likeness (QED) is 0.289. The molecule has 0 aromatic heterocycles. The van der Waals surface area contributed by atoms with Gasteiger partial charge in [0.05, 0.1) is 18.3 Å². The molecule has 0 radical (unpaired) electrons. The van der Waals surface area contributed by atoms with Gasteiger partial charge in [0.1, 0.15) is 0 Å². The van der Waals surface area contributed by atoms with Gasteiger partial charge in [0.15, 0.2) is 16.6 Å². The van der Waals surface area contributed by atoms with Gasteiger partial charge >= 0.3 is 0 Å². The second-order valence-electron chi connectivity index (χ2n) is 16.6. The van der Waals surface area contributed by atoms with Gasteiger partial charge in [0.25, 0.3) is 0 Å². The van der Waals surface area contributed by atoms with Crippen LogP contribution in [-0.4, -0.2) is 40.1 Å². The minimum atomic E-state index is -1.92. The maximum atomic E-state index is 10.4. The summed E-state index contributed by atoms with van der Waals surface area (Å²) in [6.45, 7) is 29.1. The van der Waals surface area contributed by atoms with E-state index in [9.17, 15) is 5.11 Å². The van der Waals surface area contributed by atoms with E-state index in [4.69, 9.17) is 8.85 Å². The van der Waals surface area contributed by atoms with Gasteiger partial charge in [-0.15, -0.1) is 0 Å². The summed E-state index contributed by atoms with van der Waals surface area (Å²) in [5.41, 5.74) is 1.99. The Kier molecular flexibility index (Phi) is 7.29. The fourth-order valence-electron chi connectivity index (χ4n) is 8.02. The Morgan fingerprint density at radius 1 is 0.889 bits per heavy atom. The van der Waals surface area contributed by atoms with Crippen LogP contribution in [0.25, 0.3) is 0 Å². The van der Waals surface area contributed by atoms with E-state index >= 15 is 0 Å². The SMILES string of the molecule is CC12CCC(O)CC1=CCC1C2CCC2(C)C(O[Si](C)(C)C(C)(C)C)CC(O[Si](C)(C)C(C)(C)C)C12. The van der Waals surface area contributed by atoms with Gasteiger partial charge in [-0.25, -0.2) is 0 Å². The van der Waals surface area contributed by atoms with Crippen molar-refractivity contribution in [2.45, 2.75) is 155 Å². The summed E-state index contributed by atoms with van der Waals surface area (Å²) in [5, 5.41) is 10.9. The number of fused-ring (bicyclic) bond motifs is 5. The van der Waals surface area contributed by atoms with E-state index in [2.05, 4.69) is 87.7 Å². The Bertz CT molecular complexity index is 866. The van der Waals surface area contributed by atoms with E-state index in [0.717, 1.165) is 32.1 Å². The highest BCUT2D eigenvalue weighted by Gasteiger charge is 2.64. The monoisotopic (exact) mass is 534 g/mol. The highest BCUT2D eigenvalue weighted by Crippen LogP contribution is 2.66. The molecule has 3 saturated carbocycles. The first-order valence-electron chi connectivity index (χ1n) is 15.0. The molecule has 0 aromatic carbocycles. The molecule has 3 fully saturated rings. The third-order valence-corrected chi connectivity index (χ3v) is 21.4. The van der Waals surface area contributed by atoms with Crippen LogP contribution in [0.5, 0.6) is 0 Å². The molecule has 208 valence electrons. The minimum Gasteiger partial charge on any atom is -0.414 e. The van der Waals surface area contributed by atoms with E-state index < -0.39 is 16.6 Å². The Morgan fingerprint density at radius 3 is 2.06 bits per heavy atom. The average Bonchev–Trinajstić information content (AvgIpc) is 2.97. The van der Waals surface area contributed by atoms with Gasteiger partial charge in [-0.1, -0.05) is 67.0 Å². The van der Waals surface area contributed by atoms with E-state index in [-0.39, 0.29) is 27.0 Å². The molecule has 0 aliphatic heterocycles. The zero-order chi connectivity index (χ0) is 27.1. The van der Waals surface area contributed by atoms with Crippen LogP contribution in [0.4, 0.5) is 0 Å². The molecule has 4 aliphatic rings. The Balaban J connectivity index is 1.72. The predicted octanol–water partition coefficient (Wildman–Crippen LogP) is 8.70. The lowest BCUT2D eigenvalue weighted by molar-refractivity contribution is -0.0858. The molecule has 0 saturated heterocycles. The molecular formula is C31H58O3Si2. The van der Waals surface area contributed by atoms with Crippen molar-refractivity contribution in [3.05, 3.63) is 11.6 Å². The van der Waals surface area contributed by atoms with Gasteiger partial charge < -0.3 is 14.0 Å². The molecule has 5 heteroatoms. The van der Waals surface area contributed by atoms with Crippen LogP contribution in [0.1, 0.15) is 100 Å². The van der Waals surface area contributed by atoms with Gasteiger partial charge in [0, 0.05) is 0 Å². The van der Waals surface area contributed by atoms with Crippen LogP contribution < -0.4 is 0 Å². The largest absolute Gasteiger partial charge is 0.414 e. The molecule has 0 bridgehead atoms. The number of rotatable bonds is 4. The number of aliphatic hydroxyl groups excluding tert-OH is 1. The molecule has 0 spiro atoms. The van der Waals surface area contributed by atoms with Crippen molar-refractivity contribution >= 4 is 16.6 Å². The second kappa shape index (κ2) is 9.04. The number of allylic oxidation sites excluding steroid dienone is 1. The molecule has 3 nitrogen and oxygen atoms in total. The van der Waals surface area contributed by atoms with Gasteiger partial charge in [-0.2, -0.15) is 0 Å². The highest BCUT2D eigenvalue weighted by molar-refractivity contribution is 6.74. The van der Waals surface area contributed by atoms with E-state index in [1.807, 2.05) is 0 Å². The van der Waals surface area contributed by atoms with Crippen LogP contribution >= 0.6 is 0 Å². The molecule has 36 heavy (non-hydrogen) atoms. The zero-order valence-electron chi connectivity index (χ0n) is 25.8. The van der Waals surface area contributed by atoms with Gasteiger partial charge in [0.2, 0.25) is 0 Å².